The van der Waals surface area contributed by atoms with Gasteiger partial charge in [-0.05, 0) is 49.6 Å². The van der Waals surface area contributed by atoms with Crippen molar-refractivity contribution in [2.24, 2.45) is 5.92 Å². The number of nitrogens with one attached hydrogen (secondary N) is 1. The van der Waals surface area contributed by atoms with E-state index in [0.29, 0.717) is 12.1 Å². The molecule has 3 rings (SSSR count). The van der Waals surface area contributed by atoms with Crippen LogP contribution in [0.2, 0.25) is 0 Å². The van der Waals surface area contributed by atoms with Gasteiger partial charge in [-0.25, -0.2) is 0 Å². The van der Waals surface area contributed by atoms with Crippen molar-refractivity contribution < 1.29 is 0 Å². The molecule has 1 aromatic carbocycles. The van der Waals surface area contributed by atoms with Crippen LogP contribution in [0.4, 0.5) is 0 Å². The lowest BCUT2D eigenvalue weighted by Crippen LogP contribution is -2.25. The van der Waals surface area contributed by atoms with Gasteiger partial charge in [-0.2, -0.15) is 0 Å². The fourth-order valence-corrected chi connectivity index (χ4v) is 3.34. The minimum atomic E-state index is 0.437. The van der Waals surface area contributed by atoms with Gasteiger partial charge in [0.2, 0.25) is 0 Å². The van der Waals surface area contributed by atoms with E-state index in [1.165, 1.54) is 28.8 Å². The molecule has 0 bridgehead atoms. The molecule has 0 amide bonds. The van der Waals surface area contributed by atoms with E-state index in [9.17, 15) is 0 Å². The highest BCUT2D eigenvalue weighted by Gasteiger charge is 2.33. The van der Waals surface area contributed by atoms with E-state index in [1.54, 1.807) is 0 Å². The van der Waals surface area contributed by atoms with Gasteiger partial charge in [0.1, 0.15) is 0 Å². The second kappa shape index (κ2) is 5.48. The van der Waals surface area contributed by atoms with E-state index in [0.717, 1.165) is 5.92 Å². The van der Waals surface area contributed by atoms with E-state index in [4.69, 9.17) is 0 Å². The molecule has 0 radical (unpaired) electrons. The molecule has 0 aliphatic heterocycles. The molecule has 1 nitrogen and oxygen atoms in total. The second-order valence-corrected chi connectivity index (χ2v) is 6.61. The Hall–Kier alpha value is -1.12. The molecule has 1 unspecified atom stereocenters. The lowest BCUT2D eigenvalue weighted by molar-refractivity contribution is 0.431. The van der Waals surface area contributed by atoms with Gasteiger partial charge in [-0.3, -0.25) is 0 Å². The third-order valence-corrected chi connectivity index (χ3v) is 4.98. The summed E-state index contributed by atoms with van der Waals surface area (Å²) < 4.78 is 0. The zero-order valence-corrected chi connectivity index (χ0v) is 12.4. The SMILES string of the molecule is Cc1ccc(C(N[C@H](C)c2cccs2)C2CC2)cc1. The summed E-state index contributed by atoms with van der Waals surface area (Å²) in [4.78, 5) is 1.43. The Morgan fingerprint density at radius 3 is 2.47 bits per heavy atom. The van der Waals surface area contributed by atoms with Crippen LogP contribution in [0.1, 0.15) is 47.9 Å². The van der Waals surface area contributed by atoms with Gasteiger partial charge in [0.25, 0.3) is 0 Å². The number of aryl methyl sites for hydroxylation is 1. The smallest absolute Gasteiger partial charge is 0.0391 e. The van der Waals surface area contributed by atoms with Crippen molar-refractivity contribution in [3.63, 3.8) is 0 Å². The Morgan fingerprint density at radius 1 is 1.16 bits per heavy atom. The van der Waals surface area contributed by atoms with Crippen molar-refractivity contribution in [1.82, 2.24) is 5.32 Å². The average molecular weight is 271 g/mol. The van der Waals surface area contributed by atoms with E-state index in [2.05, 4.69) is 60.9 Å². The molecule has 1 saturated carbocycles. The van der Waals surface area contributed by atoms with Crippen LogP contribution in [0.15, 0.2) is 41.8 Å². The maximum atomic E-state index is 3.83. The topological polar surface area (TPSA) is 12.0 Å². The van der Waals surface area contributed by atoms with Crippen molar-refractivity contribution in [2.75, 3.05) is 0 Å². The number of hydrogen-bond acceptors (Lipinski definition) is 2. The molecule has 2 heteroatoms. The quantitative estimate of drug-likeness (QED) is 0.819. The normalized spacial score (nSPS) is 18.2. The van der Waals surface area contributed by atoms with Crippen molar-refractivity contribution in [3.8, 4) is 0 Å². The van der Waals surface area contributed by atoms with E-state index >= 15 is 0 Å². The van der Waals surface area contributed by atoms with Crippen molar-refractivity contribution in [2.45, 2.75) is 38.8 Å². The first kappa shape index (κ1) is 12.9. The minimum absolute atomic E-state index is 0.437. The third kappa shape index (κ3) is 3.07. The van der Waals surface area contributed by atoms with Crippen LogP contribution in [-0.2, 0) is 0 Å². The Morgan fingerprint density at radius 2 is 1.89 bits per heavy atom. The number of benzene rings is 1. The summed E-state index contributed by atoms with van der Waals surface area (Å²) in [5.74, 6) is 0.824. The monoisotopic (exact) mass is 271 g/mol. The molecule has 1 heterocycles. The Balaban J connectivity index is 1.76. The maximum absolute atomic E-state index is 3.83. The van der Waals surface area contributed by atoms with Crippen LogP contribution in [0.25, 0.3) is 0 Å². The van der Waals surface area contributed by atoms with E-state index in [1.807, 2.05) is 11.3 Å². The minimum Gasteiger partial charge on any atom is -0.302 e. The molecule has 1 aromatic heterocycles. The van der Waals surface area contributed by atoms with Crippen LogP contribution >= 0.6 is 11.3 Å². The molecule has 0 spiro atoms. The molecule has 2 atom stereocenters. The fourth-order valence-electron chi connectivity index (χ4n) is 2.60. The van der Waals surface area contributed by atoms with Crippen molar-refractivity contribution in [1.29, 1.82) is 0 Å². The van der Waals surface area contributed by atoms with E-state index < -0.39 is 0 Å². The summed E-state index contributed by atoms with van der Waals surface area (Å²) in [6.45, 7) is 4.42. The first-order chi connectivity index (χ1) is 9.24. The first-order valence-electron chi connectivity index (χ1n) is 7.10. The van der Waals surface area contributed by atoms with Crippen LogP contribution in [0, 0.1) is 12.8 Å². The Kier molecular flexibility index (Phi) is 3.72. The zero-order valence-electron chi connectivity index (χ0n) is 11.6. The first-order valence-corrected chi connectivity index (χ1v) is 7.98. The molecule has 100 valence electrons. The molecular weight excluding hydrogens is 250 g/mol. The third-order valence-electron chi connectivity index (χ3n) is 3.93. The number of hydrogen-bond donors (Lipinski definition) is 1. The molecule has 19 heavy (non-hydrogen) atoms. The van der Waals surface area contributed by atoms with Gasteiger partial charge >= 0.3 is 0 Å². The van der Waals surface area contributed by atoms with Gasteiger partial charge in [0.05, 0.1) is 0 Å². The predicted octanol–water partition coefficient (Wildman–Crippen LogP) is 4.86. The molecular formula is C17H21NS. The Labute approximate surface area is 119 Å². The van der Waals surface area contributed by atoms with Gasteiger partial charge in [-0.15, -0.1) is 11.3 Å². The van der Waals surface area contributed by atoms with Gasteiger partial charge in [0, 0.05) is 17.0 Å². The highest BCUT2D eigenvalue weighted by Crippen LogP contribution is 2.42. The Bertz CT molecular complexity index is 511. The van der Waals surface area contributed by atoms with Crippen molar-refractivity contribution in [3.05, 3.63) is 57.8 Å². The molecule has 1 fully saturated rings. The fraction of sp³-hybridized carbons (Fsp3) is 0.412. The van der Waals surface area contributed by atoms with Crippen LogP contribution < -0.4 is 5.32 Å². The summed E-state index contributed by atoms with van der Waals surface area (Å²) in [6, 6.07) is 14.3. The largest absolute Gasteiger partial charge is 0.302 e. The van der Waals surface area contributed by atoms with Gasteiger partial charge in [0.15, 0.2) is 0 Å². The van der Waals surface area contributed by atoms with Crippen molar-refractivity contribution >= 4 is 11.3 Å². The standard InChI is InChI=1S/C17H21NS/c1-12-5-7-14(8-6-12)17(15-9-10-15)18-13(2)16-4-3-11-19-16/h3-8,11,13,15,17-18H,9-10H2,1-2H3/t13-,17?/m1/s1. The van der Waals surface area contributed by atoms with E-state index in [-0.39, 0.29) is 0 Å². The summed E-state index contributed by atoms with van der Waals surface area (Å²) in [5.41, 5.74) is 2.78. The zero-order chi connectivity index (χ0) is 13.2. The summed E-state index contributed by atoms with van der Waals surface area (Å²) >= 11 is 1.84. The maximum Gasteiger partial charge on any atom is 0.0391 e. The van der Waals surface area contributed by atoms with Gasteiger partial charge < -0.3 is 5.32 Å². The summed E-state index contributed by atoms with van der Waals surface area (Å²) in [5, 5.41) is 5.99. The molecule has 1 N–H and O–H groups in total. The second-order valence-electron chi connectivity index (χ2n) is 5.63. The van der Waals surface area contributed by atoms with Crippen LogP contribution in [-0.4, -0.2) is 0 Å². The van der Waals surface area contributed by atoms with Crippen LogP contribution in [0.5, 0.6) is 0 Å². The number of thiophene rings is 1. The highest BCUT2D eigenvalue weighted by atomic mass is 32.1. The molecule has 2 aromatic rings. The van der Waals surface area contributed by atoms with Crippen LogP contribution in [0.3, 0.4) is 0 Å². The molecule has 1 aliphatic rings. The van der Waals surface area contributed by atoms with Gasteiger partial charge in [-0.1, -0.05) is 35.9 Å². The number of rotatable bonds is 5. The highest BCUT2D eigenvalue weighted by molar-refractivity contribution is 7.10. The summed E-state index contributed by atoms with van der Waals surface area (Å²) in [7, 11) is 0. The molecule has 1 aliphatic carbocycles. The average Bonchev–Trinajstić information content (AvgIpc) is 3.10. The predicted molar refractivity (Wildman–Crippen MR) is 82.5 cm³/mol. The lowest BCUT2D eigenvalue weighted by atomic mass is 10.00. The summed E-state index contributed by atoms with van der Waals surface area (Å²) in [6.07, 6.45) is 2.73. The lowest BCUT2D eigenvalue weighted by Gasteiger charge is -2.23. The molecule has 0 saturated heterocycles.